The molecule has 3 saturated heterocycles. The maximum atomic E-state index is 12.0. The molecule has 0 bridgehead atoms. The van der Waals surface area contributed by atoms with E-state index in [4.69, 9.17) is 4.74 Å². The van der Waals surface area contributed by atoms with Gasteiger partial charge in [-0.25, -0.2) is 0 Å². The zero-order valence-electron chi connectivity index (χ0n) is 13.6. The second kappa shape index (κ2) is 6.21. The summed E-state index contributed by atoms with van der Waals surface area (Å²) in [6.45, 7) is 4.63. The van der Waals surface area contributed by atoms with Gasteiger partial charge in [0.05, 0.1) is 11.3 Å². The lowest BCUT2D eigenvalue weighted by Crippen LogP contribution is -2.50. The minimum Gasteiger partial charge on any atom is -0.373 e. The van der Waals surface area contributed by atoms with Crippen LogP contribution in [0.2, 0.25) is 0 Å². The lowest BCUT2D eigenvalue weighted by molar-refractivity contribution is -0.137. The van der Waals surface area contributed by atoms with Crippen molar-refractivity contribution in [2.24, 2.45) is 0 Å². The zero-order valence-corrected chi connectivity index (χ0v) is 13.6. The first-order valence-corrected chi connectivity index (χ1v) is 8.80. The first-order valence-electron chi connectivity index (χ1n) is 8.80. The molecule has 1 amide bonds. The Morgan fingerprint density at radius 2 is 2.30 bits per heavy atom. The van der Waals surface area contributed by atoms with Crippen LogP contribution in [-0.4, -0.2) is 58.6 Å². The molecular weight excluding hydrogens is 290 g/mol. The van der Waals surface area contributed by atoms with E-state index in [0.717, 1.165) is 70.6 Å². The fourth-order valence-corrected chi connectivity index (χ4v) is 4.39. The SMILES string of the molecule is O=C1CCCN1[C@H]1CCO[C@]2(CCN(Cc3ccccn3)C2)C1. The Kier molecular flexibility index (Phi) is 4.07. The Morgan fingerprint density at radius 1 is 1.35 bits per heavy atom. The van der Waals surface area contributed by atoms with Crippen molar-refractivity contribution in [3.05, 3.63) is 30.1 Å². The van der Waals surface area contributed by atoms with Gasteiger partial charge in [-0.2, -0.15) is 0 Å². The molecule has 0 aliphatic carbocycles. The lowest BCUT2D eigenvalue weighted by Gasteiger charge is -2.41. The monoisotopic (exact) mass is 315 g/mol. The molecule has 23 heavy (non-hydrogen) atoms. The second-order valence-electron chi connectivity index (χ2n) is 7.15. The number of carbonyl (C=O) groups is 1. The fraction of sp³-hybridized carbons (Fsp3) is 0.667. The highest BCUT2D eigenvalue weighted by atomic mass is 16.5. The molecular formula is C18H25N3O2. The summed E-state index contributed by atoms with van der Waals surface area (Å²) in [4.78, 5) is 21.0. The minimum atomic E-state index is -0.0550. The normalized spacial score (nSPS) is 32.1. The lowest BCUT2D eigenvalue weighted by atomic mass is 9.89. The van der Waals surface area contributed by atoms with E-state index >= 15 is 0 Å². The molecule has 0 radical (unpaired) electrons. The van der Waals surface area contributed by atoms with E-state index in [1.807, 2.05) is 18.3 Å². The fourth-order valence-electron chi connectivity index (χ4n) is 4.39. The molecule has 0 N–H and O–H groups in total. The van der Waals surface area contributed by atoms with Crippen molar-refractivity contribution < 1.29 is 9.53 Å². The largest absolute Gasteiger partial charge is 0.373 e. The molecule has 4 rings (SSSR count). The third-order valence-electron chi connectivity index (χ3n) is 5.52. The number of hydrogen-bond acceptors (Lipinski definition) is 4. The number of likely N-dealkylation sites (tertiary alicyclic amines) is 2. The van der Waals surface area contributed by atoms with Gasteiger partial charge in [0.25, 0.3) is 0 Å². The van der Waals surface area contributed by atoms with Gasteiger partial charge in [0.15, 0.2) is 0 Å². The van der Waals surface area contributed by atoms with Gasteiger partial charge in [0, 0.05) is 51.4 Å². The summed E-state index contributed by atoms with van der Waals surface area (Å²) in [6, 6.07) is 6.46. The molecule has 0 aromatic carbocycles. The van der Waals surface area contributed by atoms with Crippen LogP contribution in [0.1, 0.15) is 37.8 Å². The van der Waals surface area contributed by atoms with Crippen molar-refractivity contribution in [3.63, 3.8) is 0 Å². The molecule has 1 aromatic rings. The maximum absolute atomic E-state index is 12.0. The molecule has 0 unspecified atom stereocenters. The highest BCUT2D eigenvalue weighted by Crippen LogP contribution is 2.37. The Balaban J connectivity index is 1.40. The predicted octanol–water partition coefficient (Wildman–Crippen LogP) is 1.83. The molecule has 5 nitrogen and oxygen atoms in total. The molecule has 3 aliphatic rings. The third-order valence-corrected chi connectivity index (χ3v) is 5.52. The van der Waals surface area contributed by atoms with Gasteiger partial charge >= 0.3 is 0 Å². The smallest absolute Gasteiger partial charge is 0.222 e. The van der Waals surface area contributed by atoms with Crippen molar-refractivity contribution in [2.45, 2.75) is 50.3 Å². The van der Waals surface area contributed by atoms with Crippen molar-refractivity contribution >= 4 is 5.91 Å². The first-order chi connectivity index (χ1) is 11.2. The van der Waals surface area contributed by atoms with Crippen LogP contribution in [0.3, 0.4) is 0 Å². The Morgan fingerprint density at radius 3 is 3.09 bits per heavy atom. The highest BCUT2D eigenvalue weighted by Gasteiger charge is 2.45. The van der Waals surface area contributed by atoms with Gasteiger partial charge in [-0.3, -0.25) is 14.7 Å². The Hall–Kier alpha value is -1.46. The summed E-state index contributed by atoms with van der Waals surface area (Å²) >= 11 is 0. The van der Waals surface area contributed by atoms with Crippen LogP contribution in [0, 0.1) is 0 Å². The van der Waals surface area contributed by atoms with Gasteiger partial charge in [0.2, 0.25) is 5.91 Å². The number of rotatable bonds is 3. The third kappa shape index (κ3) is 3.12. The van der Waals surface area contributed by atoms with Crippen LogP contribution >= 0.6 is 0 Å². The van der Waals surface area contributed by atoms with Crippen molar-refractivity contribution in [2.75, 3.05) is 26.2 Å². The van der Waals surface area contributed by atoms with Crippen LogP contribution < -0.4 is 0 Å². The maximum Gasteiger partial charge on any atom is 0.222 e. The van der Waals surface area contributed by atoms with Gasteiger partial charge in [-0.05, 0) is 37.8 Å². The molecule has 3 aliphatic heterocycles. The van der Waals surface area contributed by atoms with E-state index in [9.17, 15) is 4.79 Å². The molecule has 1 spiro atoms. The van der Waals surface area contributed by atoms with Crippen LogP contribution in [0.4, 0.5) is 0 Å². The van der Waals surface area contributed by atoms with Crippen LogP contribution in [-0.2, 0) is 16.1 Å². The molecule has 5 heteroatoms. The van der Waals surface area contributed by atoms with Gasteiger partial charge in [0.1, 0.15) is 0 Å². The average molecular weight is 315 g/mol. The quantitative estimate of drug-likeness (QED) is 0.854. The number of amides is 1. The van der Waals surface area contributed by atoms with Gasteiger partial charge < -0.3 is 9.64 Å². The van der Waals surface area contributed by atoms with Crippen LogP contribution in [0.15, 0.2) is 24.4 Å². The molecule has 4 heterocycles. The average Bonchev–Trinajstić information content (AvgIpc) is 3.15. The minimum absolute atomic E-state index is 0.0550. The summed E-state index contributed by atoms with van der Waals surface area (Å²) in [7, 11) is 0. The number of aromatic nitrogens is 1. The van der Waals surface area contributed by atoms with E-state index < -0.39 is 0 Å². The van der Waals surface area contributed by atoms with Crippen molar-refractivity contribution in [1.82, 2.24) is 14.8 Å². The number of ether oxygens (including phenoxy) is 1. The Bertz CT molecular complexity index is 565. The van der Waals surface area contributed by atoms with E-state index in [-0.39, 0.29) is 5.60 Å². The van der Waals surface area contributed by atoms with E-state index in [1.54, 1.807) is 0 Å². The second-order valence-corrected chi connectivity index (χ2v) is 7.15. The van der Waals surface area contributed by atoms with Gasteiger partial charge in [-0.1, -0.05) is 6.07 Å². The predicted molar refractivity (Wildman–Crippen MR) is 86.8 cm³/mol. The highest BCUT2D eigenvalue weighted by molar-refractivity contribution is 5.78. The topological polar surface area (TPSA) is 45.7 Å². The van der Waals surface area contributed by atoms with E-state index in [1.165, 1.54) is 0 Å². The molecule has 2 atom stereocenters. The number of nitrogens with zero attached hydrogens (tertiary/aromatic N) is 3. The summed E-state index contributed by atoms with van der Waals surface area (Å²) in [5.74, 6) is 0.343. The summed E-state index contributed by atoms with van der Waals surface area (Å²) in [5.41, 5.74) is 1.06. The molecule has 3 fully saturated rings. The molecule has 1 aromatic heterocycles. The number of hydrogen-bond donors (Lipinski definition) is 0. The summed E-state index contributed by atoms with van der Waals surface area (Å²) in [5, 5.41) is 0. The first kappa shape index (κ1) is 15.1. The van der Waals surface area contributed by atoms with E-state index in [2.05, 4.69) is 20.9 Å². The van der Waals surface area contributed by atoms with Crippen molar-refractivity contribution in [1.29, 1.82) is 0 Å². The number of carbonyl (C=O) groups excluding carboxylic acids is 1. The zero-order chi connectivity index (χ0) is 15.7. The number of pyridine rings is 1. The summed E-state index contributed by atoms with van der Waals surface area (Å²) < 4.78 is 6.22. The summed E-state index contributed by atoms with van der Waals surface area (Å²) in [6.07, 6.45) is 6.67. The van der Waals surface area contributed by atoms with Gasteiger partial charge in [-0.15, -0.1) is 0 Å². The molecule has 124 valence electrons. The van der Waals surface area contributed by atoms with Crippen LogP contribution in [0.25, 0.3) is 0 Å². The van der Waals surface area contributed by atoms with Crippen LogP contribution in [0.5, 0.6) is 0 Å². The molecule has 0 saturated carbocycles. The standard InChI is InChI=1S/C18H25N3O2/c22-17-5-3-9-21(17)16-6-11-23-18(12-16)7-10-20(14-18)13-15-4-1-2-8-19-15/h1-2,4,8,16H,3,5-7,9-14H2/t16-,18+/m0/s1. The van der Waals surface area contributed by atoms with E-state index in [0.29, 0.717) is 11.9 Å². The van der Waals surface area contributed by atoms with Crippen molar-refractivity contribution in [3.8, 4) is 0 Å². The Labute approximate surface area is 137 Å².